The van der Waals surface area contributed by atoms with Crippen molar-refractivity contribution >= 4 is 12.2 Å². The number of nitrogens with one attached hydrogen (secondary N) is 2. The highest BCUT2D eigenvalue weighted by molar-refractivity contribution is 5.68. The normalized spacial score (nSPS) is 12.6. The highest BCUT2D eigenvalue weighted by Crippen LogP contribution is 2.21. The van der Waals surface area contributed by atoms with E-state index in [1.165, 1.54) is 0 Å². The van der Waals surface area contributed by atoms with E-state index in [1.54, 1.807) is 6.92 Å². The van der Waals surface area contributed by atoms with Crippen molar-refractivity contribution in [1.82, 2.24) is 10.6 Å². The van der Waals surface area contributed by atoms with Crippen molar-refractivity contribution in [2.45, 2.75) is 52.2 Å². The Morgan fingerprint density at radius 2 is 0.905 bits per heavy atom. The summed E-state index contributed by atoms with van der Waals surface area (Å²) in [6.45, 7) is 6.28. The molecule has 3 atom stereocenters. The van der Waals surface area contributed by atoms with Crippen LogP contribution in [0.4, 0.5) is 9.59 Å². The van der Waals surface area contributed by atoms with Gasteiger partial charge in [-0.15, -0.1) is 0 Å². The van der Waals surface area contributed by atoms with Gasteiger partial charge in [-0.25, -0.2) is 9.59 Å². The van der Waals surface area contributed by atoms with Gasteiger partial charge >= 0.3 is 12.2 Å². The minimum absolute atomic E-state index is 0.0468. The Morgan fingerprint density at radius 3 is 1.26 bits per heavy atom. The Morgan fingerprint density at radius 1 is 0.571 bits per heavy atom. The van der Waals surface area contributed by atoms with Crippen LogP contribution in [-0.2, 0) is 22.7 Å². The second-order valence-corrected chi connectivity index (χ2v) is 10.2. The van der Waals surface area contributed by atoms with Crippen LogP contribution in [0.25, 0.3) is 0 Å². The van der Waals surface area contributed by atoms with Crippen LogP contribution in [-0.4, -0.2) is 23.4 Å². The lowest BCUT2D eigenvalue weighted by molar-refractivity contribution is 0.109. The maximum absolute atomic E-state index is 12.0. The van der Waals surface area contributed by atoms with Gasteiger partial charge in [-0.1, -0.05) is 135 Å². The van der Waals surface area contributed by atoms with Crippen molar-refractivity contribution < 1.29 is 24.2 Å². The largest absolute Gasteiger partial charge is 0.445 e. The van der Waals surface area contributed by atoms with E-state index < -0.39 is 18.2 Å². The van der Waals surface area contributed by atoms with Crippen molar-refractivity contribution in [2.24, 2.45) is 5.92 Å². The lowest BCUT2D eigenvalue weighted by Crippen LogP contribution is -2.35. The number of rotatable bonds is 10. The summed E-state index contributed by atoms with van der Waals surface area (Å²) in [7, 11) is 0. The molecule has 0 radical (unpaired) electrons. The van der Waals surface area contributed by atoms with Crippen molar-refractivity contribution in [3.05, 3.63) is 144 Å². The van der Waals surface area contributed by atoms with Gasteiger partial charge in [0.15, 0.2) is 0 Å². The summed E-state index contributed by atoms with van der Waals surface area (Å²) in [6, 6.07) is 37.8. The summed E-state index contributed by atoms with van der Waals surface area (Å²) in [6.07, 6.45) is -1.65. The average Bonchev–Trinajstić information content (AvgIpc) is 3.02. The number of aliphatic hydroxyl groups is 1. The molecule has 0 aromatic heterocycles. The van der Waals surface area contributed by atoms with E-state index in [1.807, 2.05) is 121 Å². The number of amides is 2. The monoisotopic (exact) mass is 568 g/mol. The molecule has 4 aromatic carbocycles. The summed E-state index contributed by atoms with van der Waals surface area (Å²) < 4.78 is 10.4. The van der Waals surface area contributed by atoms with Crippen molar-refractivity contribution in [2.75, 3.05) is 0 Å². The van der Waals surface area contributed by atoms with Crippen LogP contribution in [0, 0.1) is 5.92 Å². The Labute approximate surface area is 248 Å². The number of aliphatic hydroxyl groups excluding tert-OH is 1. The van der Waals surface area contributed by atoms with Gasteiger partial charge in [-0.3, -0.25) is 0 Å². The van der Waals surface area contributed by atoms with Crippen LogP contribution in [0.5, 0.6) is 0 Å². The van der Waals surface area contributed by atoms with Crippen molar-refractivity contribution in [1.29, 1.82) is 0 Å². The standard InChI is InChI=1S/C18H21NO2.C17H19NO3/c1-14(2)17(16-11-7-4-8-12-16)19-18(20)21-13-15-9-5-3-6-10-15;1-13(19)16(15-10-6-3-7-11-15)18-17(20)21-12-14-8-4-2-5-9-14/h3-12,14,17H,13H2,1-2H3,(H,19,20);2-11,13,16,19H,12H2,1H3,(H,18,20). The molecule has 0 saturated carbocycles. The molecule has 0 heterocycles. The average molecular weight is 569 g/mol. The number of hydrogen-bond donors (Lipinski definition) is 3. The molecule has 2 amide bonds. The molecule has 0 fully saturated rings. The van der Waals surface area contributed by atoms with Crippen LogP contribution in [0.3, 0.4) is 0 Å². The van der Waals surface area contributed by atoms with E-state index in [0.717, 1.165) is 22.3 Å². The molecule has 3 N–H and O–H groups in total. The fourth-order valence-corrected chi connectivity index (χ4v) is 4.22. The minimum atomic E-state index is -0.711. The quantitative estimate of drug-likeness (QED) is 0.186. The smallest absolute Gasteiger partial charge is 0.408 e. The third-order valence-electron chi connectivity index (χ3n) is 6.44. The molecular formula is C35H40N2O5. The third-order valence-corrected chi connectivity index (χ3v) is 6.44. The number of alkyl carbamates (subject to hydrolysis) is 2. The second kappa shape index (κ2) is 17.3. The fraction of sp³-hybridized carbons (Fsp3) is 0.257. The molecule has 3 unspecified atom stereocenters. The lowest BCUT2D eigenvalue weighted by atomic mass is 9.96. The number of benzene rings is 4. The Bertz CT molecular complexity index is 1210. The van der Waals surface area contributed by atoms with E-state index in [-0.39, 0.29) is 31.3 Å². The minimum Gasteiger partial charge on any atom is -0.445 e. The molecule has 7 heteroatoms. The molecule has 4 rings (SSSR count). The zero-order valence-electron chi connectivity index (χ0n) is 24.4. The van der Waals surface area contributed by atoms with Crippen LogP contribution >= 0.6 is 0 Å². The molecule has 0 spiro atoms. The number of hydrogen-bond acceptors (Lipinski definition) is 5. The molecule has 0 saturated heterocycles. The first-order chi connectivity index (χ1) is 20.3. The van der Waals surface area contributed by atoms with Gasteiger partial charge in [-0.05, 0) is 35.1 Å². The van der Waals surface area contributed by atoms with Crippen molar-refractivity contribution in [3.8, 4) is 0 Å². The fourth-order valence-electron chi connectivity index (χ4n) is 4.22. The van der Waals surface area contributed by atoms with Gasteiger partial charge in [0.1, 0.15) is 13.2 Å². The summed E-state index contributed by atoms with van der Waals surface area (Å²) in [5, 5.41) is 15.5. The van der Waals surface area contributed by atoms with Gasteiger partial charge in [0.05, 0.1) is 18.2 Å². The number of carbonyl (C=O) groups is 2. The van der Waals surface area contributed by atoms with Gasteiger partial charge < -0.3 is 25.2 Å². The third kappa shape index (κ3) is 11.1. The van der Waals surface area contributed by atoms with Crippen LogP contribution in [0.15, 0.2) is 121 Å². The Balaban J connectivity index is 0.000000230. The van der Waals surface area contributed by atoms with Gasteiger partial charge in [0.2, 0.25) is 0 Å². The SMILES string of the molecule is CC(C)C(NC(=O)OCc1ccccc1)c1ccccc1.CC(O)C(NC(=O)OCc1ccccc1)c1ccccc1. The van der Waals surface area contributed by atoms with E-state index >= 15 is 0 Å². The topological polar surface area (TPSA) is 96.9 Å². The first kappa shape index (κ1) is 31.9. The first-order valence-corrected chi connectivity index (χ1v) is 14.1. The maximum atomic E-state index is 12.0. The van der Waals surface area contributed by atoms with Crippen LogP contribution in [0.2, 0.25) is 0 Å². The molecule has 42 heavy (non-hydrogen) atoms. The molecule has 0 aliphatic carbocycles. The highest BCUT2D eigenvalue weighted by atomic mass is 16.6. The Hall–Kier alpha value is -4.62. The van der Waals surface area contributed by atoms with E-state index in [9.17, 15) is 14.7 Å². The summed E-state index contributed by atoms with van der Waals surface area (Å²) in [5.74, 6) is 0.289. The second-order valence-electron chi connectivity index (χ2n) is 10.2. The zero-order valence-corrected chi connectivity index (χ0v) is 24.4. The molecule has 7 nitrogen and oxygen atoms in total. The summed E-state index contributed by atoms with van der Waals surface area (Å²) in [5.41, 5.74) is 3.82. The Kier molecular flexibility index (Phi) is 13.1. The van der Waals surface area contributed by atoms with Crippen LogP contribution < -0.4 is 10.6 Å². The van der Waals surface area contributed by atoms with Gasteiger partial charge in [-0.2, -0.15) is 0 Å². The van der Waals surface area contributed by atoms with Crippen LogP contribution in [0.1, 0.15) is 55.1 Å². The highest BCUT2D eigenvalue weighted by Gasteiger charge is 2.20. The van der Waals surface area contributed by atoms with E-state index in [2.05, 4.69) is 24.5 Å². The molecule has 0 aliphatic rings. The number of ether oxygens (including phenoxy) is 2. The molecule has 0 bridgehead atoms. The van der Waals surface area contributed by atoms with Gasteiger partial charge in [0.25, 0.3) is 0 Å². The summed E-state index contributed by atoms with van der Waals surface area (Å²) >= 11 is 0. The molecule has 0 aliphatic heterocycles. The summed E-state index contributed by atoms with van der Waals surface area (Å²) in [4.78, 5) is 23.8. The predicted octanol–water partition coefficient (Wildman–Crippen LogP) is 7.35. The van der Waals surface area contributed by atoms with Crippen molar-refractivity contribution in [3.63, 3.8) is 0 Å². The van der Waals surface area contributed by atoms with E-state index in [0.29, 0.717) is 0 Å². The van der Waals surface area contributed by atoms with Gasteiger partial charge in [0, 0.05) is 0 Å². The predicted molar refractivity (Wildman–Crippen MR) is 164 cm³/mol. The number of carbonyl (C=O) groups excluding carboxylic acids is 2. The lowest BCUT2D eigenvalue weighted by Gasteiger charge is -2.22. The maximum Gasteiger partial charge on any atom is 0.408 e. The zero-order chi connectivity index (χ0) is 30.2. The molecule has 220 valence electrons. The first-order valence-electron chi connectivity index (χ1n) is 14.1. The van der Waals surface area contributed by atoms with E-state index in [4.69, 9.17) is 9.47 Å². The molecular weight excluding hydrogens is 528 g/mol. The molecule has 4 aromatic rings.